The van der Waals surface area contributed by atoms with Gasteiger partial charge >= 0.3 is 6.09 Å². The van der Waals surface area contributed by atoms with Crippen LogP contribution >= 0.6 is 22.6 Å². The van der Waals surface area contributed by atoms with Crippen LogP contribution in [0, 0.1) is 9.18 Å². The highest BCUT2D eigenvalue weighted by molar-refractivity contribution is 14.1. The number of nitrogens with zero attached hydrogens (tertiary/aromatic N) is 1. The zero-order chi connectivity index (χ0) is 17.1. The number of hydrogen-bond acceptors (Lipinski definition) is 4. The van der Waals surface area contributed by atoms with Gasteiger partial charge in [0.1, 0.15) is 11.4 Å². The molecule has 1 aliphatic rings. The van der Waals surface area contributed by atoms with E-state index in [1.165, 1.54) is 0 Å². The lowest BCUT2D eigenvalue weighted by molar-refractivity contribution is 0.00669. The topological polar surface area (TPSA) is 54.7 Å². The van der Waals surface area contributed by atoms with Crippen molar-refractivity contribution in [2.75, 3.05) is 19.6 Å². The molecule has 1 atom stereocenters. The van der Waals surface area contributed by atoms with Gasteiger partial charge in [-0.05, 0) is 73.8 Å². The molecule has 1 unspecified atom stereocenters. The Morgan fingerprint density at radius 1 is 1.48 bits per heavy atom. The SMILES string of the molecule is CC1(CNCc2ccc(I)o2)CCCN(C(=O)OC(C)(C)C)C1. The molecule has 1 saturated heterocycles. The van der Waals surface area contributed by atoms with Crippen LogP contribution < -0.4 is 5.32 Å². The van der Waals surface area contributed by atoms with Crippen molar-refractivity contribution in [2.45, 2.75) is 52.7 Å². The molecule has 0 bridgehead atoms. The molecule has 1 amide bonds. The first kappa shape index (κ1) is 18.6. The molecule has 0 saturated carbocycles. The summed E-state index contributed by atoms with van der Waals surface area (Å²) in [6, 6.07) is 3.95. The van der Waals surface area contributed by atoms with Gasteiger partial charge in [-0.15, -0.1) is 0 Å². The van der Waals surface area contributed by atoms with Crippen molar-refractivity contribution in [3.8, 4) is 0 Å². The van der Waals surface area contributed by atoms with Gasteiger partial charge in [0, 0.05) is 19.6 Å². The fraction of sp³-hybridized carbons (Fsp3) is 0.706. The lowest BCUT2D eigenvalue weighted by Gasteiger charge is -2.41. The van der Waals surface area contributed by atoms with Gasteiger partial charge in [-0.25, -0.2) is 4.79 Å². The Hall–Kier alpha value is -0.760. The van der Waals surface area contributed by atoms with E-state index < -0.39 is 5.60 Å². The van der Waals surface area contributed by atoms with E-state index >= 15 is 0 Å². The summed E-state index contributed by atoms with van der Waals surface area (Å²) in [7, 11) is 0. The van der Waals surface area contributed by atoms with Crippen molar-refractivity contribution < 1.29 is 13.9 Å². The standard InChI is InChI=1S/C17H27IN2O3/c1-16(2,3)23-15(21)20-9-5-8-17(4,12-20)11-19-10-13-6-7-14(18)22-13/h6-7,19H,5,8-12H2,1-4H3. The molecule has 23 heavy (non-hydrogen) atoms. The highest BCUT2D eigenvalue weighted by Gasteiger charge is 2.34. The first-order valence-corrected chi connectivity index (χ1v) is 9.18. The molecular weight excluding hydrogens is 407 g/mol. The van der Waals surface area contributed by atoms with Crippen molar-refractivity contribution >= 4 is 28.7 Å². The van der Waals surface area contributed by atoms with E-state index in [9.17, 15) is 4.79 Å². The van der Waals surface area contributed by atoms with E-state index in [-0.39, 0.29) is 11.5 Å². The second kappa shape index (κ2) is 7.42. The zero-order valence-corrected chi connectivity index (χ0v) is 16.6. The Morgan fingerprint density at radius 2 is 2.22 bits per heavy atom. The number of piperidine rings is 1. The molecule has 1 aromatic rings. The molecule has 1 aromatic heterocycles. The minimum absolute atomic E-state index is 0.0644. The maximum Gasteiger partial charge on any atom is 0.410 e. The van der Waals surface area contributed by atoms with Crippen molar-refractivity contribution in [1.29, 1.82) is 0 Å². The van der Waals surface area contributed by atoms with Gasteiger partial charge in [0.2, 0.25) is 0 Å². The summed E-state index contributed by atoms with van der Waals surface area (Å²) in [5, 5.41) is 3.46. The van der Waals surface area contributed by atoms with Crippen LogP contribution in [-0.2, 0) is 11.3 Å². The van der Waals surface area contributed by atoms with Crippen molar-refractivity contribution in [2.24, 2.45) is 5.41 Å². The average Bonchev–Trinajstić information content (AvgIpc) is 2.82. The Kier molecular flexibility index (Phi) is 5.99. The number of amides is 1. The van der Waals surface area contributed by atoms with Crippen LogP contribution in [-0.4, -0.2) is 36.2 Å². The Balaban J connectivity index is 1.84. The van der Waals surface area contributed by atoms with E-state index in [0.717, 1.165) is 42.0 Å². The average molecular weight is 434 g/mol. The molecule has 0 radical (unpaired) electrons. The van der Waals surface area contributed by atoms with Crippen LogP contribution in [0.25, 0.3) is 0 Å². The molecule has 0 spiro atoms. The second-order valence-corrected chi connectivity index (χ2v) is 8.69. The number of furan rings is 1. The van der Waals surface area contributed by atoms with Crippen LogP contribution in [0.2, 0.25) is 0 Å². The summed E-state index contributed by atoms with van der Waals surface area (Å²) in [6.07, 6.45) is 1.91. The number of rotatable bonds is 4. The lowest BCUT2D eigenvalue weighted by Crippen LogP contribution is -2.50. The van der Waals surface area contributed by atoms with E-state index in [1.54, 1.807) is 0 Å². The quantitative estimate of drug-likeness (QED) is 0.728. The molecule has 2 rings (SSSR count). The minimum Gasteiger partial charge on any atom is -0.454 e. The summed E-state index contributed by atoms with van der Waals surface area (Å²) < 4.78 is 12.0. The molecule has 1 fully saturated rings. The van der Waals surface area contributed by atoms with Crippen LogP contribution in [0.3, 0.4) is 0 Å². The number of hydrogen-bond donors (Lipinski definition) is 1. The van der Waals surface area contributed by atoms with Crippen LogP contribution in [0.1, 0.15) is 46.3 Å². The Labute approximate surface area is 152 Å². The second-order valence-electron chi connectivity index (χ2n) is 7.63. The number of carbonyl (C=O) groups is 1. The van der Waals surface area contributed by atoms with Crippen molar-refractivity contribution in [3.63, 3.8) is 0 Å². The van der Waals surface area contributed by atoms with Crippen LogP contribution in [0.15, 0.2) is 16.5 Å². The molecule has 5 nitrogen and oxygen atoms in total. The first-order chi connectivity index (χ1) is 10.7. The smallest absolute Gasteiger partial charge is 0.410 e. The fourth-order valence-electron chi connectivity index (χ4n) is 2.88. The van der Waals surface area contributed by atoms with Gasteiger partial charge in [0.15, 0.2) is 3.77 Å². The number of halogens is 1. The Morgan fingerprint density at radius 3 is 2.83 bits per heavy atom. The van der Waals surface area contributed by atoms with Crippen molar-refractivity contribution in [1.82, 2.24) is 10.2 Å². The van der Waals surface area contributed by atoms with Gasteiger partial charge in [-0.1, -0.05) is 6.92 Å². The number of nitrogens with one attached hydrogen (secondary N) is 1. The first-order valence-electron chi connectivity index (χ1n) is 8.10. The molecular formula is C17H27IN2O3. The van der Waals surface area contributed by atoms with Gasteiger partial charge in [-0.3, -0.25) is 0 Å². The summed E-state index contributed by atoms with van der Waals surface area (Å²) >= 11 is 2.17. The summed E-state index contributed by atoms with van der Waals surface area (Å²) in [6.45, 7) is 11.0. The molecule has 0 aliphatic carbocycles. The molecule has 1 aliphatic heterocycles. The normalized spacial score (nSPS) is 22.2. The van der Waals surface area contributed by atoms with Crippen molar-refractivity contribution in [3.05, 3.63) is 21.7 Å². The molecule has 6 heteroatoms. The predicted molar refractivity (Wildman–Crippen MR) is 98.3 cm³/mol. The summed E-state index contributed by atoms with van der Waals surface area (Å²) in [5.74, 6) is 0.942. The third-order valence-electron chi connectivity index (χ3n) is 3.91. The largest absolute Gasteiger partial charge is 0.454 e. The van der Waals surface area contributed by atoms with Crippen LogP contribution in [0.4, 0.5) is 4.79 Å². The van der Waals surface area contributed by atoms with Gasteiger partial charge in [0.05, 0.1) is 6.54 Å². The number of carbonyl (C=O) groups excluding carboxylic acids is 1. The molecule has 130 valence electrons. The zero-order valence-electron chi connectivity index (χ0n) is 14.4. The number of likely N-dealkylation sites (tertiary alicyclic amines) is 1. The van der Waals surface area contributed by atoms with Crippen LogP contribution in [0.5, 0.6) is 0 Å². The van der Waals surface area contributed by atoms with E-state index in [4.69, 9.17) is 9.15 Å². The predicted octanol–water partition coefficient (Wildman–Crippen LogP) is 4.01. The van der Waals surface area contributed by atoms with Gasteiger partial charge < -0.3 is 19.4 Å². The lowest BCUT2D eigenvalue weighted by atomic mass is 9.82. The van der Waals surface area contributed by atoms with E-state index in [0.29, 0.717) is 6.54 Å². The third kappa shape index (κ3) is 5.99. The van der Waals surface area contributed by atoms with E-state index in [1.807, 2.05) is 37.8 Å². The maximum atomic E-state index is 12.3. The Bertz CT molecular complexity index is 538. The molecule has 2 heterocycles. The maximum absolute atomic E-state index is 12.3. The monoisotopic (exact) mass is 434 g/mol. The highest BCUT2D eigenvalue weighted by Crippen LogP contribution is 2.29. The van der Waals surface area contributed by atoms with Gasteiger partial charge in [0.25, 0.3) is 0 Å². The fourth-order valence-corrected chi connectivity index (χ4v) is 3.34. The molecule has 0 aromatic carbocycles. The molecule has 1 N–H and O–H groups in total. The van der Waals surface area contributed by atoms with Gasteiger partial charge in [-0.2, -0.15) is 0 Å². The summed E-state index contributed by atoms with van der Waals surface area (Å²) in [5.41, 5.74) is -0.380. The third-order valence-corrected chi connectivity index (χ3v) is 4.49. The minimum atomic E-state index is -0.445. The highest BCUT2D eigenvalue weighted by atomic mass is 127. The van der Waals surface area contributed by atoms with E-state index in [2.05, 4.69) is 34.8 Å². The number of ether oxygens (including phenoxy) is 1. The summed E-state index contributed by atoms with van der Waals surface area (Å²) in [4.78, 5) is 14.1.